The fraction of sp³-hybridized carbons (Fsp3) is 0.478. The first kappa shape index (κ1) is 18.9. The highest BCUT2D eigenvalue weighted by Gasteiger charge is 2.22. The van der Waals surface area contributed by atoms with Crippen molar-refractivity contribution in [3.63, 3.8) is 0 Å². The summed E-state index contributed by atoms with van der Waals surface area (Å²) in [5, 5.41) is 10.5. The second-order valence-corrected chi connectivity index (χ2v) is 7.21. The minimum atomic E-state index is -0.472. The molecule has 2 aromatic carbocycles. The summed E-state index contributed by atoms with van der Waals surface area (Å²) in [6, 6.07) is 18.9. The zero-order valence-corrected chi connectivity index (χ0v) is 15.8. The monoisotopic (exact) mass is 353 g/mol. The number of aliphatic hydroxyl groups excluding tert-OH is 1. The van der Waals surface area contributed by atoms with Crippen molar-refractivity contribution in [3.8, 4) is 16.9 Å². The second-order valence-electron chi connectivity index (χ2n) is 7.21. The maximum absolute atomic E-state index is 10.5. The van der Waals surface area contributed by atoms with Crippen LogP contribution in [0.2, 0.25) is 0 Å². The summed E-state index contributed by atoms with van der Waals surface area (Å²) in [6.07, 6.45) is 6.05. The van der Waals surface area contributed by atoms with E-state index in [-0.39, 0.29) is 0 Å². The molecule has 0 heterocycles. The Kier molecular flexibility index (Phi) is 7.10. The zero-order valence-electron chi connectivity index (χ0n) is 15.8. The average molecular weight is 354 g/mol. The van der Waals surface area contributed by atoms with E-state index >= 15 is 0 Å². The van der Waals surface area contributed by atoms with Crippen molar-refractivity contribution in [2.75, 3.05) is 19.7 Å². The van der Waals surface area contributed by atoms with Crippen molar-refractivity contribution < 1.29 is 9.84 Å². The van der Waals surface area contributed by atoms with Gasteiger partial charge in [0, 0.05) is 18.2 Å². The largest absolute Gasteiger partial charge is 0.490 e. The Bertz CT molecular complexity index is 652. The number of para-hydroxylation sites is 1. The number of ether oxygens (including phenoxy) is 1. The van der Waals surface area contributed by atoms with E-state index < -0.39 is 6.10 Å². The summed E-state index contributed by atoms with van der Waals surface area (Å²) < 4.78 is 6.01. The number of hydrogen-bond acceptors (Lipinski definition) is 3. The standard InChI is InChI=1S/C23H31NO2/c1-2-24(20-13-7-4-8-14-20)17-21(25)18-26-23-16-10-9-15-22(23)19-11-5-3-6-12-19/h3,5-6,9-12,15-16,20-21,25H,2,4,7-8,13-14,17-18H2,1H3/t21-/m1/s1. The molecule has 0 aromatic heterocycles. The van der Waals surface area contributed by atoms with E-state index in [1.807, 2.05) is 36.4 Å². The molecule has 1 aliphatic carbocycles. The molecule has 1 atom stereocenters. The smallest absolute Gasteiger partial charge is 0.127 e. The van der Waals surface area contributed by atoms with E-state index in [4.69, 9.17) is 4.74 Å². The van der Waals surface area contributed by atoms with Crippen molar-refractivity contribution in [1.29, 1.82) is 0 Å². The number of likely N-dealkylation sites (N-methyl/N-ethyl adjacent to an activating group) is 1. The van der Waals surface area contributed by atoms with E-state index in [2.05, 4.69) is 30.0 Å². The van der Waals surface area contributed by atoms with E-state index in [1.54, 1.807) is 0 Å². The molecule has 2 aromatic rings. The van der Waals surface area contributed by atoms with Gasteiger partial charge in [0.1, 0.15) is 18.5 Å². The highest BCUT2D eigenvalue weighted by molar-refractivity contribution is 5.70. The number of rotatable bonds is 8. The molecule has 26 heavy (non-hydrogen) atoms. The van der Waals surface area contributed by atoms with Gasteiger partial charge in [0.05, 0.1) is 0 Å². The highest BCUT2D eigenvalue weighted by Crippen LogP contribution is 2.29. The Morgan fingerprint density at radius 3 is 2.42 bits per heavy atom. The highest BCUT2D eigenvalue weighted by atomic mass is 16.5. The Hall–Kier alpha value is -1.84. The molecule has 1 fully saturated rings. The van der Waals surface area contributed by atoms with E-state index in [9.17, 15) is 5.11 Å². The molecule has 1 saturated carbocycles. The summed E-state index contributed by atoms with van der Waals surface area (Å²) in [6.45, 7) is 4.19. The molecular weight excluding hydrogens is 322 g/mol. The number of benzene rings is 2. The lowest BCUT2D eigenvalue weighted by molar-refractivity contribution is 0.0465. The maximum Gasteiger partial charge on any atom is 0.127 e. The topological polar surface area (TPSA) is 32.7 Å². The number of aliphatic hydroxyl groups is 1. The molecule has 0 spiro atoms. The molecule has 0 amide bonds. The third kappa shape index (κ3) is 5.09. The van der Waals surface area contributed by atoms with Gasteiger partial charge in [-0.3, -0.25) is 4.90 Å². The van der Waals surface area contributed by atoms with Crippen molar-refractivity contribution in [2.24, 2.45) is 0 Å². The van der Waals surface area contributed by atoms with Crippen molar-refractivity contribution in [1.82, 2.24) is 4.90 Å². The predicted molar refractivity (Wildman–Crippen MR) is 107 cm³/mol. The van der Waals surface area contributed by atoms with Crippen molar-refractivity contribution >= 4 is 0 Å². The van der Waals surface area contributed by atoms with Crippen LogP contribution < -0.4 is 4.74 Å². The maximum atomic E-state index is 10.5. The Morgan fingerprint density at radius 2 is 1.69 bits per heavy atom. The Morgan fingerprint density at radius 1 is 1.00 bits per heavy atom. The van der Waals surface area contributed by atoms with Crippen LogP contribution in [0.5, 0.6) is 5.75 Å². The fourth-order valence-electron chi connectivity index (χ4n) is 3.94. The summed E-state index contributed by atoms with van der Waals surface area (Å²) in [7, 11) is 0. The molecule has 0 aliphatic heterocycles. The Labute approximate surface area is 157 Å². The molecule has 1 N–H and O–H groups in total. The molecule has 140 valence electrons. The van der Waals surface area contributed by atoms with E-state index in [0.717, 1.165) is 23.4 Å². The summed E-state index contributed by atoms with van der Waals surface area (Å²) >= 11 is 0. The van der Waals surface area contributed by atoms with Crippen LogP contribution in [0.3, 0.4) is 0 Å². The van der Waals surface area contributed by atoms with Crippen molar-refractivity contribution in [2.45, 2.75) is 51.2 Å². The van der Waals surface area contributed by atoms with Crippen LogP contribution in [0.4, 0.5) is 0 Å². The van der Waals surface area contributed by atoms with Crippen LogP contribution >= 0.6 is 0 Å². The van der Waals surface area contributed by atoms with Gasteiger partial charge in [0.15, 0.2) is 0 Å². The van der Waals surface area contributed by atoms with Gasteiger partial charge in [0.25, 0.3) is 0 Å². The average Bonchev–Trinajstić information content (AvgIpc) is 2.72. The SMILES string of the molecule is CCN(C[C@@H](O)COc1ccccc1-c1ccccc1)C1CCCCC1. The lowest BCUT2D eigenvalue weighted by Gasteiger charge is -2.34. The summed E-state index contributed by atoms with van der Waals surface area (Å²) in [5.74, 6) is 0.832. The fourth-order valence-corrected chi connectivity index (χ4v) is 3.94. The first-order valence-corrected chi connectivity index (χ1v) is 9.97. The third-order valence-corrected chi connectivity index (χ3v) is 5.35. The molecule has 0 radical (unpaired) electrons. The van der Waals surface area contributed by atoms with Gasteiger partial charge < -0.3 is 9.84 Å². The van der Waals surface area contributed by atoms with Gasteiger partial charge in [-0.2, -0.15) is 0 Å². The van der Waals surface area contributed by atoms with E-state index in [1.165, 1.54) is 32.1 Å². The molecule has 3 rings (SSSR count). The van der Waals surface area contributed by atoms with Crippen LogP contribution in [0.1, 0.15) is 39.0 Å². The van der Waals surface area contributed by atoms with Crippen LogP contribution in [0, 0.1) is 0 Å². The molecule has 1 aliphatic rings. The van der Waals surface area contributed by atoms with Gasteiger partial charge in [-0.05, 0) is 31.0 Å². The van der Waals surface area contributed by atoms with Gasteiger partial charge in [-0.25, -0.2) is 0 Å². The van der Waals surface area contributed by atoms with Crippen LogP contribution in [0.15, 0.2) is 54.6 Å². The van der Waals surface area contributed by atoms with Crippen LogP contribution in [-0.4, -0.2) is 41.8 Å². The van der Waals surface area contributed by atoms with Gasteiger partial charge in [0.2, 0.25) is 0 Å². The van der Waals surface area contributed by atoms with E-state index in [0.29, 0.717) is 19.2 Å². The summed E-state index contributed by atoms with van der Waals surface area (Å²) in [5.41, 5.74) is 2.20. The van der Waals surface area contributed by atoms with Crippen LogP contribution in [-0.2, 0) is 0 Å². The Balaban J connectivity index is 1.58. The first-order valence-electron chi connectivity index (χ1n) is 9.97. The molecule has 0 saturated heterocycles. The first-order chi connectivity index (χ1) is 12.8. The number of nitrogens with zero attached hydrogens (tertiary/aromatic N) is 1. The summed E-state index contributed by atoms with van der Waals surface area (Å²) in [4.78, 5) is 2.43. The normalized spacial score (nSPS) is 16.6. The van der Waals surface area contributed by atoms with Crippen LogP contribution in [0.25, 0.3) is 11.1 Å². The lowest BCUT2D eigenvalue weighted by atomic mass is 9.94. The minimum absolute atomic E-state index is 0.326. The predicted octanol–water partition coefficient (Wildman–Crippen LogP) is 4.75. The van der Waals surface area contributed by atoms with Crippen molar-refractivity contribution in [3.05, 3.63) is 54.6 Å². The zero-order chi connectivity index (χ0) is 18.2. The quantitative estimate of drug-likeness (QED) is 0.743. The molecule has 3 heteroatoms. The second kappa shape index (κ2) is 9.75. The minimum Gasteiger partial charge on any atom is -0.490 e. The lowest BCUT2D eigenvalue weighted by Crippen LogP contribution is -2.43. The van der Waals surface area contributed by atoms with Gasteiger partial charge in [-0.1, -0.05) is 74.7 Å². The van der Waals surface area contributed by atoms with Gasteiger partial charge >= 0.3 is 0 Å². The molecule has 0 unspecified atom stereocenters. The third-order valence-electron chi connectivity index (χ3n) is 5.35. The molecule has 3 nitrogen and oxygen atoms in total. The molecule has 0 bridgehead atoms. The number of hydrogen-bond donors (Lipinski definition) is 1. The molecular formula is C23H31NO2. The van der Waals surface area contributed by atoms with Gasteiger partial charge in [-0.15, -0.1) is 0 Å².